The molecule has 31 heavy (non-hydrogen) atoms. The van der Waals surface area contributed by atoms with Gasteiger partial charge in [-0.3, -0.25) is 9.59 Å². The van der Waals surface area contributed by atoms with Crippen LogP contribution in [0.15, 0.2) is 54.6 Å². The predicted octanol–water partition coefficient (Wildman–Crippen LogP) is 3.65. The number of hydrogen-bond donors (Lipinski definition) is 1. The Labute approximate surface area is 186 Å². The molecule has 2 aliphatic heterocycles. The number of fused-ring (bicyclic) bond motifs is 2. The predicted molar refractivity (Wildman–Crippen MR) is 124 cm³/mol. The number of primary amides is 1. The normalized spacial score (nSPS) is 21.0. The van der Waals surface area contributed by atoms with Gasteiger partial charge in [0.25, 0.3) is 5.91 Å². The van der Waals surface area contributed by atoms with Gasteiger partial charge >= 0.3 is 0 Å². The quantitative estimate of drug-likeness (QED) is 0.647. The van der Waals surface area contributed by atoms with E-state index >= 15 is 0 Å². The topological polar surface area (TPSA) is 66.6 Å². The van der Waals surface area contributed by atoms with E-state index in [0.29, 0.717) is 17.4 Å². The van der Waals surface area contributed by atoms with E-state index in [4.69, 9.17) is 5.73 Å². The summed E-state index contributed by atoms with van der Waals surface area (Å²) in [5, 5.41) is 1.15. The third kappa shape index (κ3) is 4.10. The van der Waals surface area contributed by atoms with Crippen molar-refractivity contribution >= 4 is 33.2 Å². The number of amides is 2. The maximum Gasteiger partial charge on any atom is 0.263 e. The van der Waals surface area contributed by atoms with Gasteiger partial charge in [-0.05, 0) is 60.4 Å². The highest BCUT2D eigenvalue weighted by Crippen LogP contribution is 2.34. The summed E-state index contributed by atoms with van der Waals surface area (Å²) >= 11 is 1.59. The maximum atomic E-state index is 13.0. The Kier molecular flexibility index (Phi) is 5.50. The number of thiophene rings is 1. The first-order valence-electron chi connectivity index (χ1n) is 10.8. The molecule has 0 spiro atoms. The Morgan fingerprint density at radius 1 is 1.00 bits per heavy atom. The first kappa shape index (κ1) is 20.2. The molecule has 5 rings (SSSR count). The van der Waals surface area contributed by atoms with Crippen LogP contribution in [-0.2, 0) is 0 Å². The number of hydrogen-bond acceptors (Lipinski definition) is 4. The Morgan fingerprint density at radius 3 is 2.45 bits per heavy atom. The average molecular weight is 433 g/mol. The number of rotatable bonds is 6. The summed E-state index contributed by atoms with van der Waals surface area (Å²) in [5.41, 5.74) is 6.96. The molecule has 2 atom stereocenters. The van der Waals surface area contributed by atoms with Gasteiger partial charge in [-0.2, -0.15) is 0 Å². The van der Waals surface area contributed by atoms with Crippen LogP contribution in [0.25, 0.3) is 10.1 Å². The third-order valence-electron chi connectivity index (χ3n) is 6.52. The minimum atomic E-state index is -0.383. The van der Waals surface area contributed by atoms with E-state index in [1.54, 1.807) is 17.4 Å². The molecule has 3 heterocycles. The minimum absolute atomic E-state index is 0.179. The summed E-state index contributed by atoms with van der Waals surface area (Å²) < 4.78 is 1.17. The molecule has 6 heteroatoms. The molecule has 0 saturated carbocycles. The van der Waals surface area contributed by atoms with E-state index in [9.17, 15) is 9.59 Å². The van der Waals surface area contributed by atoms with Gasteiger partial charge in [-0.15, -0.1) is 11.3 Å². The van der Waals surface area contributed by atoms with Crippen LogP contribution >= 0.6 is 11.3 Å². The van der Waals surface area contributed by atoms with Gasteiger partial charge < -0.3 is 15.5 Å². The van der Waals surface area contributed by atoms with Gasteiger partial charge in [-0.25, -0.2) is 0 Å². The lowest BCUT2D eigenvalue weighted by Gasteiger charge is -2.21. The number of nitrogens with zero attached hydrogens (tertiary/aromatic N) is 2. The van der Waals surface area contributed by atoms with Crippen molar-refractivity contribution in [1.82, 2.24) is 9.80 Å². The van der Waals surface area contributed by atoms with E-state index in [1.807, 2.05) is 41.3 Å². The van der Waals surface area contributed by atoms with Crippen molar-refractivity contribution < 1.29 is 9.59 Å². The Hall–Kier alpha value is -2.70. The van der Waals surface area contributed by atoms with Gasteiger partial charge in [0.1, 0.15) is 0 Å². The molecule has 2 N–H and O–H groups in total. The summed E-state index contributed by atoms with van der Waals surface area (Å²) in [5.74, 6) is 0.900. The van der Waals surface area contributed by atoms with Gasteiger partial charge in [0.2, 0.25) is 5.91 Å². The zero-order valence-corrected chi connectivity index (χ0v) is 18.2. The van der Waals surface area contributed by atoms with Crippen LogP contribution in [0.5, 0.6) is 0 Å². The van der Waals surface area contributed by atoms with E-state index in [0.717, 1.165) is 55.0 Å². The second-order valence-electron chi connectivity index (χ2n) is 8.58. The summed E-state index contributed by atoms with van der Waals surface area (Å²) in [4.78, 5) is 30.0. The zero-order valence-electron chi connectivity index (χ0n) is 17.4. The van der Waals surface area contributed by atoms with Crippen LogP contribution < -0.4 is 5.73 Å². The molecule has 5 nitrogen and oxygen atoms in total. The lowest BCUT2D eigenvalue weighted by atomic mass is 10.0. The highest BCUT2D eigenvalue weighted by Gasteiger charge is 2.41. The molecule has 1 radical (unpaired) electrons. The number of carbonyl (C=O) groups excluding carboxylic acids is 2. The summed E-state index contributed by atoms with van der Waals surface area (Å²) in [6.07, 6.45) is 2.99. The van der Waals surface area contributed by atoms with Crippen molar-refractivity contribution in [2.24, 2.45) is 17.6 Å². The summed E-state index contributed by atoms with van der Waals surface area (Å²) in [7, 11) is 0. The smallest absolute Gasteiger partial charge is 0.263 e. The first-order valence-corrected chi connectivity index (χ1v) is 11.6. The van der Waals surface area contributed by atoms with Crippen molar-refractivity contribution in [3.05, 3.63) is 77.0 Å². The summed E-state index contributed by atoms with van der Waals surface area (Å²) in [6, 6.07) is 17.7. The van der Waals surface area contributed by atoms with Crippen molar-refractivity contribution in [2.75, 3.05) is 32.7 Å². The van der Waals surface area contributed by atoms with Crippen molar-refractivity contribution in [1.29, 1.82) is 0 Å². The van der Waals surface area contributed by atoms with Gasteiger partial charge in [0.15, 0.2) is 0 Å². The molecule has 2 saturated heterocycles. The molecule has 0 aliphatic carbocycles. The zero-order chi connectivity index (χ0) is 21.4. The Balaban J connectivity index is 1.13. The van der Waals surface area contributed by atoms with Crippen molar-refractivity contribution in [2.45, 2.75) is 6.42 Å². The molecule has 2 aliphatic rings. The maximum absolute atomic E-state index is 13.0. The number of nitrogens with two attached hydrogens (primary N) is 1. The van der Waals surface area contributed by atoms with Crippen LogP contribution in [0.3, 0.4) is 0 Å². The lowest BCUT2D eigenvalue weighted by Crippen LogP contribution is -2.33. The molecule has 0 bridgehead atoms. The standard InChI is InChI=1S/C25H26N3O2S/c26-24(29)21-9-3-1-6-17(21)8-5-11-27-13-19-15-28(16-20(19)14-27)25(30)23-12-18-7-2-4-10-22(18)31-23/h1-4,6-10,12,19-20H,5,11,13-16H2,(H2,26,29)/t19-,20?/m0/s1. The second-order valence-corrected chi connectivity index (χ2v) is 9.67. The highest BCUT2D eigenvalue weighted by atomic mass is 32.1. The largest absolute Gasteiger partial charge is 0.366 e. The van der Waals surface area contributed by atoms with Crippen molar-refractivity contribution in [3.63, 3.8) is 0 Å². The number of benzene rings is 2. The van der Waals surface area contributed by atoms with Gasteiger partial charge in [-0.1, -0.05) is 36.4 Å². The van der Waals surface area contributed by atoms with E-state index < -0.39 is 0 Å². The Bertz CT molecular complexity index is 1080. The molecular formula is C25H26N3O2S. The molecule has 2 fully saturated rings. The number of carbonyl (C=O) groups is 2. The fourth-order valence-electron chi connectivity index (χ4n) is 4.98. The van der Waals surface area contributed by atoms with Crippen molar-refractivity contribution in [3.8, 4) is 0 Å². The molecule has 2 aromatic carbocycles. The van der Waals surface area contributed by atoms with Crippen LogP contribution in [0, 0.1) is 18.3 Å². The van der Waals surface area contributed by atoms with Gasteiger partial charge in [0.05, 0.1) is 4.88 Å². The molecule has 3 aromatic rings. The van der Waals surface area contributed by atoms with Crippen LogP contribution in [0.1, 0.15) is 32.0 Å². The van der Waals surface area contributed by atoms with E-state index in [1.165, 1.54) is 4.70 Å². The van der Waals surface area contributed by atoms with Crippen LogP contribution in [0.4, 0.5) is 0 Å². The monoisotopic (exact) mass is 432 g/mol. The summed E-state index contributed by atoms with van der Waals surface area (Å²) in [6.45, 7) is 4.73. The fraction of sp³-hybridized carbons (Fsp3) is 0.320. The lowest BCUT2D eigenvalue weighted by molar-refractivity contribution is 0.0778. The SMILES string of the molecule is NC(=O)c1ccccc1[CH]CCN1CC2CN(C(=O)c3cc4ccccc4s3)C[C@@H]2C1. The minimum Gasteiger partial charge on any atom is -0.366 e. The van der Waals surface area contributed by atoms with Crippen LogP contribution in [-0.4, -0.2) is 54.3 Å². The first-order chi connectivity index (χ1) is 15.1. The molecule has 2 amide bonds. The van der Waals surface area contributed by atoms with Crippen LogP contribution in [0.2, 0.25) is 0 Å². The third-order valence-corrected chi connectivity index (χ3v) is 7.63. The van der Waals surface area contributed by atoms with E-state index in [2.05, 4.69) is 23.5 Å². The fourth-order valence-corrected chi connectivity index (χ4v) is 6.01. The Morgan fingerprint density at radius 2 is 1.71 bits per heavy atom. The highest BCUT2D eigenvalue weighted by molar-refractivity contribution is 7.20. The number of likely N-dealkylation sites (tertiary alicyclic amines) is 2. The second kappa shape index (κ2) is 8.44. The molecule has 1 unspecified atom stereocenters. The van der Waals surface area contributed by atoms with Gasteiger partial charge in [0, 0.05) is 36.4 Å². The molecule has 1 aromatic heterocycles. The van der Waals surface area contributed by atoms with E-state index in [-0.39, 0.29) is 11.8 Å². The average Bonchev–Trinajstić information content (AvgIpc) is 3.46. The molecular weight excluding hydrogens is 406 g/mol. The molecule has 159 valence electrons.